The molecule has 2 aliphatic heterocycles. The first kappa shape index (κ1) is 23.5. The first-order chi connectivity index (χ1) is 16.7. The first-order valence-electron chi connectivity index (χ1n) is 11.3. The van der Waals surface area contributed by atoms with Crippen LogP contribution in [-0.2, 0) is 24.5 Å². The number of esters is 1. The monoisotopic (exact) mass is 511 g/mol. The van der Waals surface area contributed by atoms with E-state index in [1.165, 1.54) is 4.90 Å². The van der Waals surface area contributed by atoms with Crippen molar-refractivity contribution in [1.82, 2.24) is 0 Å². The Bertz CT molecular complexity index is 1350. The minimum absolute atomic E-state index is 0.00804. The molecule has 1 spiro atoms. The van der Waals surface area contributed by atoms with Gasteiger partial charge in [0.2, 0.25) is 5.91 Å². The van der Waals surface area contributed by atoms with Crippen LogP contribution in [0.25, 0.3) is 0 Å². The number of halogens is 2. The third-order valence-electron chi connectivity index (χ3n) is 6.78. The third-order valence-corrected chi connectivity index (χ3v) is 7.22. The average molecular weight is 512 g/mol. The number of amides is 1. The van der Waals surface area contributed by atoms with Crippen LogP contribution in [-0.4, -0.2) is 31.3 Å². The number of ether oxygens (including phenoxy) is 1. The summed E-state index contributed by atoms with van der Waals surface area (Å²) in [5.74, 6) is -1.38. The number of fused-ring (bicyclic) bond motifs is 3. The second-order valence-corrected chi connectivity index (χ2v) is 9.55. The van der Waals surface area contributed by atoms with Crippen molar-refractivity contribution in [2.75, 3.05) is 23.5 Å². The van der Waals surface area contributed by atoms with Crippen LogP contribution in [0.3, 0.4) is 0 Å². The molecule has 35 heavy (non-hydrogen) atoms. The molecule has 1 amide bonds. The van der Waals surface area contributed by atoms with E-state index in [0.717, 1.165) is 0 Å². The summed E-state index contributed by atoms with van der Waals surface area (Å²) >= 11 is 12.6. The molecule has 1 unspecified atom stereocenters. The smallest absolute Gasteiger partial charge is 0.339 e. The molecular weight excluding hydrogens is 489 g/mol. The SMILES string of the molecule is CCOC(=O)C1=C(N)N(c2cc(Cl)cc(Cl)c2)C2=C(C(=O)CCC2)C12C(=O)N(C)c1ccccc12. The molecule has 1 aliphatic carbocycles. The highest BCUT2D eigenvalue weighted by Gasteiger charge is 2.63. The van der Waals surface area contributed by atoms with E-state index in [4.69, 9.17) is 33.7 Å². The Balaban J connectivity index is 1.92. The van der Waals surface area contributed by atoms with Crippen LogP contribution in [0.4, 0.5) is 11.4 Å². The van der Waals surface area contributed by atoms with Crippen molar-refractivity contribution in [2.24, 2.45) is 5.73 Å². The van der Waals surface area contributed by atoms with Gasteiger partial charge in [0.25, 0.3) is 0 Å². The van der Waals surface area contributed by atoms with Crippen molar-refractivity contribution in [2.45, 2.75) is 31.6 Å². The zero-order valence-electron chi connectivity index (χ0n) is 19.2. The van der Waals surface area contributed by atoms with Crippen LogP contribution >= 0.6 is 23.2 Å². The van der Waals surface area contributed by atoms with Crippen LogP contribution in [0, 0.1) is 0 Å². The molecule has 2 aromatic rings. The van der Waals surface area contributed by atoms with Crippen molar-refractivity contribution in [3.8, 4) is 0 Å². The summed E-state index contributed by atoms with van der Waals surface area (Å²) in [5, 5.41) is 0.731. The number of carbonyl (C=O) groups is 3. The van der Waals surface area contributed by atoms with Gasteiger partial charge in [0, 0.05) is 46.0 Å². The molecule has 2 aromatic carbocycles. The highest BCUT2D eigenvalue weighted by Crippen LogP contribution is 2.57. The van der Waals surface area contributed by atoms with Gasteiger partial charge in [0.05, 0.1) is 12.3 Å². The molecule has 7 nitrogen and oxygen atoms in total. The lowest BCUT2D eigenvalue weighted by atomic mass is 9.63. The number of hydrogen-bond donors (Lipinski definition) is 1. The van der Waals surface area contributed by atoms with Gasteiger partial charge in [0.15, 0.2) is 5.78 Å². The number of ketones is 1. The van der Waals surface area contributed by atoms with E-state index < -0.39 is 17.3 Å². The highest BCUT2D eigenvalue weighted by molar-refractivity contribution is 6.35. The lowest BCUT2D eigenvalue weighted by Crippen LogP contribution is -2.54. The van der Waals surface area contributed by atoms with Crippen molar-refractivity contribution in [3.63, 3.8) is 0 Å². The van der Waals surface area contributed by atoms with E-state index in [2.05, 4.69) is 0 Å². The number of para-hydroxylation sites is 1. The summed E-state index contributed by atoms with van der Waals surface area (Å²) in [6, 6.07) is 12.0. The summed E-state index contributed by atoms with van der Waals surface area (Å²) in [6.45, 7) is 1.74. The predicted octanol–water partition coefficient (Wildman–Crippen LogP) is 4.47. The lowest BCUT2D eigenvalue weighted by Gasteiger charge is -2.44. The number of nitrogens with zero attached hydrogens (tertiary/aromatic N) is 2. The Morgan fingerprint density at radius 3 is 2.49 bits per heavy atom. The molecule has 180 valence electrons. The fraction of sp³-hybridized carbons (Fsp3) is 0.269. The van der Waals surface area contributed by atoms with E-state index in [1.807, 2.05) is 0 Å². The number of nitrogens with two attached hydrogens (primary N) is 1. The maximum atomic E-state index is 14.1. The van der Waals surface area contributed by atoms with E-state index in [9.17, 15) is 14.4 Å². The minimum Gasteiger partial charge on any atom is -0.462 e. The molecule has 3 aliphatic rings. The number of allylic oxidation sites excluding steroid dienone is 1. The lowest BCUT2D eigenvalue weighted by molar-refractivity contribution is -0.140. The minimum atomic E-state index is -1.70. The molecule has 0 saturated carbocycles. The van der Waals surface area contributed by atoms with Crippen LogP contribution in [0.1, 0.15) is 31.7 Å². The molecule has 0 radical (unpaired) electrons. The fourth-order valence-electron chi connectivity index (χ4n) is 5.52. The second-order valence-electron chi connectivity index (χ2n) is 8.67. The normalized spacial score (nSPS) is 21.6. The molecule has 9 heteroatoms. The molecule has 0 fully saturated rings. The quantitative estimate of drug-likeness (QED) is 0.611. The van der Waals surface area contributed by atoms with Crippen molar-refractivity contribution in [3.05, 3.63) is 80.7 Å². The van der Waals surface area contributed by atoms with Crippen LogP contribution in [0.15, 0.2) is 65.1 Å². The van der Waals surface area contributed by atoms with Gasteiger partial charge in [-0.2, -0.15) is 0 Å². The van der Waals surface area contributed by atoms with E-state index in [0.29, 0.717) is 45.5 Å². The number of carbonyl (C=O) groups excluding carboxylic acids is 3. The Morgan fingerprint density at radius 1 is 1.11 bits per heavy atom. The third kappa shape index (κ3) is 3.22. The maximum absolute atomic E-state index is 14.1. The van der Waals surface area contributed by atoms with E-state index >= 15 is 0 Å². The first-order valence-corrected chi connectivity index (χ1v) is 12.1. The van der Waals surface area contributed by atoms with Gasteiger partial charge in [0.1, 0.15) is 16.8 Å². The number of rotatable bonds is 3. The van der Waals surface area contributed by atoms with Crippen molar-refractivity contribution in [1.29, 1.82) is 0 Å². The zero-order valence-corrected chi connectivity index (χ0v) is 20.7. The maximum Gasteiger partial charge on any atom is 0.339 e. The van der Waals surface area contributed by atoms with Crippen LogP contribution < -0.4 is 15.5 Å². The second kappa shape index (κ2) is 8.43. The van der Waals surface area contributed by atoms with Crippen LogP contribution in [0.5, 0.6) is 0 Å². The number of benzene rings is 2. The molecule has 0 aromatic heterocycles. The molecular formula is C26H23Cl2N3O4. The van der Waals surface area contributed by atoms with Gasteiger partial charge in [-0.3, -0.25) is 14.5 Å². The number of likely N-dealkylation sites (N-methyl/N-ethyl adjacent to an activating group) is 1. The predicted molar refractivity (Wildman–Crippen MR) is 134 cm³/mol. The van der Waals surface area contributed by atoms with Gasteiger partial charge < -0.3 is 15.4 Å². The molecule has 0 saturated heterocycles. The number of hydrogen-bond acceptors (Lipinski definition) is 6. The summed E-state index contributed by atoms with van der Waals surface area (Å²) in [6.07, 6.45) is 1.30. The Morgan fingerprint density at radius 2 is 1.80 bits per heavy atom. The Hall–Kier alpha value is -3.29. The summed E-state index contributed by atoms with van der Waals surface area (Å²) in [7, 11) is 1.63. The molecule has 2 N–H and O–H groups in total. The van der Waals surface area contributed by atoms with E-state index in [1.54, 1.807) is 61.3 Å². The van der Waals surface area contributed by atoms with Crippen molar-refractivity contribution >= 4 is 52.2 Å². The summed E-state index contributed by atoms with van der Waals surface area (Å²) < 4.78 is 5.42. The topological polar surface area (TPSA) is 92.9 Å². The van der Waals surface area contributed by atoms with Crippen molar-refractivity contribution < 1.29 is 19.1 Å². The standard InChI is InChI=1S/C26H23Cl2N3O4/c1-3-35-24(33)22-23(29)31(16-12-14(27)11-15(28)13-16)19-9-6-10-20(32)21(19)26(22)17-7-4-5-8-18(17)30(2)25(26)34/h4-5,7-8,11-13H,3,6,9-10,29H2,1-2H3. The van der Waals surface area contributed by atoms with Gasteiger partial charge in [-0.1, -0.05) is 41.4 Å². The van der Waals surface area contributed by atoms with Crippen LogP contribution in [0.2, 0.25) is 10.0 Å². The fourth-order valence-corrected chi connectivity index (χ4v) is 6.03. The van der Waals surface area contributed by atoms with Gasteiger partial charge in [-0.25, -0.2) is 4.79 Å². The number of Topliss-reactive ketones (excluding diaryl/α,β-unsaturated/α-hetero) is 1. The molecule has 1 atom stereocenters. The molecule has 2 heterocycles. The number of anilines is 2. The highest BCUT2D eigenvalue weighted by atomic mass is 35.5. The Kier molecular flexibility index (Phi) is 5.65. The van der Waals surface area contributed by atoms with Gasteiger partial charge in [-0.15, -0.1) is 0 Å². The largest absolute Gasteiger partial charge is 0.462 e. The molecule has 5 rings (SSSR count). The van der Waals surface area contributed by atoms with Gasteiger partial charge >= 0.3 is 5.97 Å². The molecule has 0 bridgehead atoms. The summed E-state index contributed by atoms with van der Waals surface area (Å²) in [5.41, 5.74) is 7.42. The van der Waals surface area contributed by atoms with E-state index in [-0.39, 0.29) is 35.8 Å². The summed E-state index contributed by atoms with van der Waals surface area (Å²) in [4.78, 5) is 44.5. The van der Waals surface area contributed by atoms with Gasteiger partial charge in [-0.05, 0) is 44.0 Å². The average Bonchev–Trinajstić information content (AvgIpc) is 3.02. The zero-order chi connectivity index (χ0) is 25.1. The Labute approximate surface area is 212 Å².